The van der Waals surface area contributed by atoms with E-state index in [9.17, 15) is 0 Å². The lowest BCUT2D eigenvalue weighted by Gasteiger charge is -2.15. The molecule has 0 aromatic heterocycles. The fourth-order valence-electron chi connectivity index (χ4n) is 1.64. The molecule has 0 fully saturated rings. The molecule has 0 spiro atoms. The van der Waals surface area contributed by atoms with Gasteiger partial charge in [-0.25, -0.2) is 0 Å². The smallest absolute Gasteiger partial charge is 0.0542 e. The SMILES string of the molecule is CCC1=CC2C=CC=CC2N1. The largest absolute Gasteiger partial charge is 0.381 e. The van der Waals surface area contributed by atoms with Crippen molar-refractivity contribution in [3.63, 3.8) is 0 Å². The first-order valence-corrected chi connectivity index (χ1v) is 4.22. The highest BCUT2D eigenvalue weighted by molar-refractivity contribution is 5.28. The molecule has 1 heteroatoms. The van der Waals surface area contributed by atoms with Crippen LogP contribution in [0.5, 0.6) is 0 Å². The number of hydrogen-bond donors (Lipinski definition) is 1. The van der Waals surface area contributed by atoms with Gasteiger partial charge in [0.05, 0.1) is 6.04 Å². The molecule has 1 aliphatic heterocycles. The van der Waals surface area contributed by atoms with Crippen LogP contribution in [0, 0.1) is 5.92 Å². The van der Waals surface area contributed by atoms with Gasteiger partial charge in [0, 0.05) is 11.6 Å². The molecule has 0 aromatic rings. The van der Waals surface area contributed by atoms with Gasteiger partial charge in [0.25, 0.3) is 0 Å². The van der Waals surface area contributed by atoms with Crippen LogP contribution in [0.15, 0.2) is 36.1 Å². The molecule has 1 nitrogen and oxygen atoms in total. The maximum Gasteiger partial charge on any atom is 0.0542 e. The predicted molar refractivity (Wildman–Crippen MR) is 47.1 cm³/mol. The molecule has 0 radical (unpaired) electrons. The summed E-state index contributed by atoms with van der Waals surface area (Å²) in [5, 5.41) is 3.47. The van der Waals surface area contributed by atoms with Crippen LogP contribution in [0.3, 0.4) is 0 Å². The van der Waals surface area contributed by atoms with Crippen molar-refractivity contribution in [2.75, 3.05) is 0 Å². The third-order valence-electron chi connectivity index (χ3n) is 2.30. The van der Waals surface area contributed by atoms with Gasteiger partial charge in [0.2, 0.25) is 0 Å². The molecule has 2 rings (SSSR count). The van der Waals surface area contributed by atoms with Crippen molar-refractivity contribution < 1.29 is 0 Å². The van der Waals surface area contributed by atoms with E-state index in [-0.39, 0.29) is 0 Å². The summed E-state index contributed by atoms with van der Waals surface area (Å²) in [7, 11) is 0. The summed E-state index contributed by atoms with van der Waals surface area (Å²) in [5.41, 5.74) is 1.39. The molecule has 1 aliphatic carbocycles. The van der Waals surface area contributed by atoms with E-state index in [4.69, 9.17) is 0 Å². The lowest BCUT2D eigenvalue weighted by Crippen LogP contribution is -2.26. The number of allylic oxidation sites excluding steroid dienone is 3. The highest BCUT2D eigenvalue weighted by Crippen LogP contribution is 2.23. The fourth-order valence-corrected chi connectivity index (χ4v) is 1.64. The molecule has 1 N–H and O–H groups in total. The van der Waals surface area contributed by atoms with Gasteiger partial charge in [0.15, 0.2) is 0 Å². The minimum absolute atomic E-state index is 0.537. The van der Waals surface area contributed by atoms with Gasteiger partial charge in [0.1, 0.15) is 0 Å². The van der Waals surface area contributed by atoms with Gasteiger partial charge in [-0.1, -0.05) is 37.3 Å². The second-order valence-corrected chi connectivity index (χ2v) is 3.06. The minimum atomic E-state index is 0.537. The average molecular weight is 147 g/mol. The van der Waals surface area contributed by atoms with Crippen LogP contribution in [-0.4, -0.2) is 6.04 Å². The Morgan fingerprint density at radius 2 is 2.18 bits per heavy atom. The van der Waals surface area contributed by atoms with Crippen LogP contribution in [-0.2, 0) is 0 Å². The molecule has 58 valence electrons. The van der Waals surface area contributed by atoms with E-state index >= 15 is 0 Å². The minimum Gasteiger partial charge on any atom is -0.381 e. The zero-order chi connectivity index (χ0) is 7.68. The molecule has 0 amide bonds. The standard InChI is InChI=1S/C10H13N/c1-2-9-7-8-5-3-4-6-10(8)11-9/h3-8,10-11H,2H2,1H3. The van der Waals surface area contributed by atoms with Gasteiger partial charge in [-0.05, 0) is 6.42 Å². The summed E-state index contributed by atoms with van der Waals surface area (Å²) in [5.74, 6) is 0.606. The van der Waals surface area contributed by atoms with E-state index in [2.05, 4.69) is 42.6 Å². The Kier molecular flexibility index (Phi) is 1.57. The Labute approximate surface area is 67.5 Å². The molecule has 11 heavy (non-hydrogen) atoms. The van der Waals surface area contributed by atoms with Crippen molar-refractivity contribution in [2.24, 2.45) is 5.92 Å². The van der Waals surface area contributed by atoms with Crippen LogP contribution in [0.2, 0.25) is 0 Å². The van der Waals surface area contributed by atoms with Crippen molar-refractivity contribution in [3.8, 4) is 0 Å². The maximum absolute atomic E-state index is 3.47. The molecular formula is C10H13N. The van der Waals surface area contributed by atoms with Crippen LogP contribution in [0.1, 0.15) is 13.3 Å². The molecule has 0 bridgehead atoms. The molecule has 1 heterocycles. The molecule has 0 saturated carbocycles. The van der Waals surface area contributed by atoms with Gasteiger partial charge in [-0.3, -0.25) is 0 Å². The number of hydrogen-bond acceptors (Lipinski definition) is 1. The van der Waals surface area contributed by atoms with E-state index in [1.54, 1.807) is 0 Å². The molecular weight excluding hydrogens is 134 g/mol. The molecule has 2 aliphatic rings. The fraction of sp³-hybridized carbons (Fsp3) is 0.400. The van der Waals surface area contributed by atoms with E-state index in [1.807, 2.05) is 0 Å². The quantitative estimate of drug-likeness (QED) is 0.598. The molecule has 0 saturated heterocycles. The Bertz CT molecular complexity index is 235. The lowest BCUT2D eigenvalue weighted by atomic mass is 9.98. The predicted octanol–water partition coefficient (Wildman–Crippen LogP) is 1.99. The van der Waals surface area contributed by atoms with Crippen molar-refractivity contribution in [1.29, 1.82) is 0 Å². The van der Waals surface area contributed by atoms with Gasteiger partial charge < -0.3 is 5.32 Å². The molecule has 2 atom stereocenters. The first-order chi connectivity index (χ1) is 5.40. The monoisotopic (exact) mass is 147 g/mol. The lowest BCUT2D eigenvalue weighted by molar-refractivity contribution is 0.631. The van der Waals surface area contributed by atoms with Gasteiger partial charge >= 0.3 is 0 Å². The Morgan fingerprint density at radius 1 is 1.36 bits per heavy atom. The number of rotatable bonds is 1. The van der Waals surface area contributed by atoms with Crippen molar-refractivity contribution in [2.45, 2.75) is 19.4 Å². The summed E-state index contributed by atoms with van der Waals surface area (Å²) in [6.07, 6.45) is 12.2. The molecule has 2 unspecified atom stereocenters. The van der Waals surface area contributed by atoms with Crippen molar-refractivity contribution in [3.05, 3.63) is 36.1 Å². The maximum atomic E-state index is 3.47. The van der Waals surface area contributed by atoms with Gasteiger partial charge in [-0.15, -0.1) is 0 Å². The summed E-state index contributed by atoms with van der Waals surface area (Å²) in [6, 6.07) is 0.537. The Morgan fingerprint density at radius 3 is 2.91 bits per heavy atom. The molecule has 0 aromatic carbocycles. The zero-order valence-electron chi connectivity index (χ0n) is 6.75. The summed E-state index contributed by atoms with van der Waals surface area (Å²) in [6.45, 7) is 2.18. The highest BCUT2D eigenvalue weighted by Gasteiger charge is 2.22. The Balaban J connectivity index is 2.16. The van der Waals surface area contributed by atoms with E-state index in [0.717, 1.165) is 6.42 Å². The van der Waals surface area contributed by atoms with Crippen LogP contribution < -0.4 is 5.32 Å². The topological polar surface area (TPSA) is 12.0 Å². The summed E-state index contributed by atoms with van der Waals surface area (Å²) in [4.78, 5) is 0. The highest BCUT2D eigenvalue weighted by atomic mass is 15.0. The summed E-state index contributed by atoms with van der Waals surface area (Å²) >= 11 is 0. The second-order valence-electron chi connectivity index (χ2n) is 3.06. The first-order valence-electron chi connectivity index (χ1n) is 4.22. The second kappa shape index (κ2) is 2.57. The summed E-state index contributed by atoms with van der Waals surface area (Å²) < 4.78 is 0. The van der Waals surface area contributed by atoms with Crippen molar-refractivity contribution >= 4 is 0 Å². The number of fused-ring (bicyclic) bond motifs is 1. The van der Waals surface area contributed by atoms with E-state index in [1.165, 1.54) is 5.70 Å². The zero-order valence-corrected chi connectivity index (χ0v) is 6.75. The van der Waals surface area contributed by atoms with E-state index in [0.29, 0.717) is 12.0 Å². The number of nitrogens with one attached hydrogen (secondary N) is 1. The van der Waals surface area contributed by atoms with Crippen molar-refractivity contribution in [1.82, 2.24) is 5.32 Å². The third kappa shape index (κ3) is 1.11. The third-order valence-corrected chi connectivity index (χ3v) is 2.30. The van der Waals surface area contributed by atoms with Crippen LogP contribution in [0.4, 0.5) is 0 Å². The first kappa shape index (κ1) is 6.71. The van der Waals surface area contributed by atoms with Gasteiger partial charge in [-0.2, -0.15) is 0 Å². The normalized spacial score (nSPS) is 33.0. The van der Waals surface area contributed by atoms with Crippen LogP contribution >= 0.6 is 0 Å². The average Bonchev–Trinajstić information content (AvgIpc) is 2.46. The Hall–Kier alpha value is -0.980. The van der Waals surface area contributed by atoms with E-state index < -0.39 is 0 Å². The van der Waals surface area contributed by atoms with Crippen LogP contribution in [0.25, 0.3) is 0 Å².